The van der Waals surface area contributed by atoms with Crippen molar-refractivity contribution in [2.24, 2.45) is 0 Å². The van der Waals surface area contributed by atoms with Crippen molar-refractivity contribution >= 4 is 16.5 Å². The van der Waals surface area contributed by atoms with Gasteiger partial charge in [0.05, 0.1) is 0 Å². The van der Waals surface area contributed by atoms with Crippen LogP contribution in [0.25, 0.3) is 0 Å². The Morgan fingerprint density at radius 3 is 1.60 bits per heavy atom. The number of hydrogen-bond acceptors (Lipinski definition) is 0. The van der Waals surface area contributed by atoms with Gasteiger partial charge in [0.15, 0.2) is 0 Å². The van der Waals surface area contributed by atoms with Crippen molar-refractivity contribution in [1.82, 2.24) is 0 Å². The van der Waals surface area contributed by atoms with E-state index in [1.54, 1.807) is 0 Å². The fraction of sp³-hybridized carbons (Fsp3) is 0.500. The van der Waals surface area contributed by atoms with Crippen molar-refractivity contribution in [3.05, 3.63) is 24.3 Å². The Bertz CT molecular complexity index is 91.8. The highest BCUT2D eigenvalue weighted by atomic mass is 32.0. The Kier molecular flexibility index (Phi) is 9.66. The minimum Gasteiger partial charge on any atom is -0.0951 e. The van der Waals surface area contributed by atoms with Crippen molar-refractivity contribution in [1.29, 1.82) is 0 Å². The van der Waals surface area contributed by atoms with Gasteiger partial charge < -0.3 is 0 Å². The Labute approximate surface area is 67.6 Å². The average Bonchev–Trinajstić information content (AvgIpc) is 1.97. The molecular weight excluding hydrogens is 158 g/mol. The maximum absolute atomic E-state index is 2.25. The van der Waals surface area contributed by atoms with Gasteiger partial charge in [-0.2, -0.15) is 0 Å². The first kappa shape index (κ1) is 10.3. The predicted octanol–water partition coefficient (Wildman–Crippen LogP) is 3.41. The summed E-state index contributed by atoms with van der Waals surface area (Å²) in [5.41, 5.74) is 0. The molecule has 0 aliphatic rings. The molecule has 2 heteroatoms. The molecule has 0 aromatic rings. The fourth-order valence-electron chi connectivity index (χ4n) is 0.498. The van der Waals surface area contributed by atoms with Gasteiger partial charge in [-0.3, -0.25) is 0 Å². The minimum atomic E-state index is 1.14. The molecule has 0 saturated carbocycles. The number of hydrogen-bond donors (Lipinski definition) is 0. The molecule has 0 rings (SSSR count). The van der Waals surface area contributed by atoms with Gasteiger partial charge in [-0.05, 0) is 26.2 Å². The molecule has 0 heterocycles. The third-order valence-electron chi connectivity index (χ3n) is 1.04. The highest BCUT2D eigenvalue weighted by Gasteiger charge is 1.79. The van der Waals surface area contributed by atoms with Gasteiger partial charge in [0, 0.05) is 0 Å². The van der Waals surface area contributed by atoms with E-state index in [4.69, 9.17) is 0 Å². The minimum absolute atomic E-state index is 1.14. The summed E-state index contributed by atoms with van der Waals surface area (Å²) in [5, 5.41) is 0. The Balaban J connectivity index is 2.90. The summed E-state index contributed by atoms with van der Waals surface area (Å²) in [5.74, 6) is 0. The quantitative estimate of drug-likeness (QED) is 0.340. The maximum Gasteiger partial charge on any atom is -0.0136 e. The molecule has 0 saturated heterocycles. The van der Waals surface area contributed by atoms with Crippen LogP contribution in [0, 0.1) is 0 Å². The topological polar surface area (TPSA) is 0 Å². The van der Waals surface area contributed by atoms with Crippen molar-refractivity contribution < 1.29 is 0 Å². The standard InChI is InChI=1S/C8H16P2/c1-3-5-7-9-10-8-6-4-2/h3-6,9-10H,7-8H2,1-2H3. The lowest BCUT2D eigenvalue weighted by Crippen LogP contribution is -1.62. The molecule has 0 nitrogen and oxygen atoms in total. The summed E-state index contributed by atoms with van der Waals surface area (Å²) >= 11 is 0. The van der Waals surface area contributed by atoms with Crippen LogP contribution in [0.5, 0.6) is 0 Å². The van der Waals surface area contributed by atoms with Gasteiger partial charge >= 0.3 is 0 Å². The molecule has 0 radical (unpaired) electrons. The summed E-state index contributed by atoms with van der Waals surface area (Å²) in [6.45, 7) is 4.17. The third kappa shape index (κ3) is 8.34. The van der Waals surface area contributed by atoms with Crippen LogP contribution in [0.1, 0.15) is 13.8 Å². The Morgan fingerprint density at radius 2 is 1.30 bits per heavy atom. The molecule has 0 amide bonds. The summed E-state index contributed by atoms with van der Waals surface area (Å²) < 4.78 is 0. The lowest BCUT2D eigenvalue weighted by molar-refractivity contribution is 1.65. The molecule has 0 fully saturated rings. The van der Waals surface area contributed by atoms with Crippen molar-refractivity contribution in [3.63, 3.8) is 0 Å². The normalized spacial score (nSPS) is 14.2. The lowest BCUT2D eigenvalue weighted by Gasteiger charge is -1.92. The first-order chi connectivity index (χ1) is 4.91. The van der Waals surface area contributed by atoms with Crippen LogP contribution in [0.15, 0.2) is 24.3 Å². The molecule has 0 aliphatic carbocycles. The molecule has 0 spiro atoms. The highest BCUT2D eigenvalue weighted by molar-refractivity contribution is 8.12. The van der Waals surface area contributed by atoms with Gasteiger partial charge in [-0.1, -0.05) is 40.8 Å². The largest absolute Gasteiger partial charge is 0.0951 e. The first-order valence-corrected chi connectivity index (χ1v) is 7.01. The van der Waals surface area contributed by atoms with E-state index in [9.17, 15) is 0 Å². The van der Waals surface area contributed by atoms with Crippen LogP contribution in [0.4, 0.5) is 0 Å². The second-order valence-electron chi connectivity index (χ2n) is 1.90. The van der Waals surface area contributed by atoms with E-state index < -0.39 is 0 Å². The molecule has 2 atom stereocenters. The van der Waals surface area contributed by atoms with E-state index in [1.807, 2.05) is 0 Å². The second-order valence-corrected chi connectivity index (χ2v) is 5.54. The molecule has 0 bridgehead atoms. The van der Waals surface area contributed by atoms with Gasteiger partial charge in [0.1, 0.15) is 0 Å². The second kappa shape index (κ2) is 9.34. The van der Waals surface area contributed by atoms with Crippen LogP contribution >= 0.6 is 16.5 Å². The molecule has 10 heavy (non-hydrogen) atoms. The summed E-state index contributed by atoms with van der Waals surface area (Å²) in [4.78, 5) is 0. The summed E-state index contributed by atoms with van der Waals surface area (Å²) in [6, 6.07) is 0. The van der Waals surface area contributed by atoms with E-state index in [-0.39, 0.29) is 0 Å². The molecule has 0 aromatic carbocycles. The van der Waals surface area contributed by atoms with Gasteiger partial charge in [-0.15, -0.1) is 0 Å². The smallest absolute Gasteiger partial charge is 0.0136 e. The Morgan fingerprint density at radius 1 is 0.900 bits per heavy atom. The van der Waals surface area contributed by atoms with Gasteiger partial charge in [-0.25, -0.2) is 0 Å². The first-order valence-electron chi connectivity index (χ1n) is 3.59. The van der Waals surface area contributed by atoms with Crippen LogP contribution < -0.4 is 0 Å². The summed E-state index contributed by atoms with van der Waals surface area (Å²) in [7, 11) is 2.28. The zero-order chi connectivity index (χ0) is 7.66. The maximum atomic E-state index is 2.25. The Hall–Kier alpha value is 0.340. The van der Waals surface area contributed by atoms with Gasteiger partial charge in [0.2, 0.25) is 0 Å². The van der Waals surface area contributed by atoms with Crippen molar-refractivity contribution in [2.45, 2.75) is 13.8 Å². The zero-order valence-corrected chi connectivity index (χ0v) is 8.72. The van der Waals surface area contributed by atoms with Crippen LogP contribution in [-0.2, 0) is 0 Å². The SMILES string of the molecule is CC=CCPPCC=CC. The predicted molar refractivity (Wildman–Crippen MR) is 56.0 cm³/mol. The van der Waals surface area contributed by atoms with E-state index >= 15 is 0 Å². The van der Waals surface area contributed by atoms with E-state index in [1.165, 1.54) is 12.3 Å². The monoisotopic (exact) mass is 174 g/mol. The van der Waals surface area contributed by atoms with Crippen molar-refractivity contribution in [3.8, 4) is 0 Å². The van der Waals surface area contributed by atoms with Crippen molar-refractivity contribution in [2.75, 3.05) is 12.3 Å². The molecule has 58 valence electrons. The van der Waals surface area contributed by atoms with Crippen LogP contribution in [0.3, 0.4) is 0 Å². The highest BCUT2D eigenvalue weighted by Crippen LogP contribution is 2.36. The van der Waals surface area contributed by atoms with E-state index in [0.29, 0.717) is 0 Å². The van der Waals surface area contributed by atoms with E-state index in [0.717, 1.165) is 16.5 Å². The molecule has 0 aromatic heterocycles. The zero-order valence-electron chi connectivity index (χ0n) is 6.72. The molecule has 2 unspecified atom stereocenters. The van der Waals surface area contributed by atoms with Gasteiger partial charge in [0.25, 0.3) is 0 Å². The molecule has 0 N–H and O–H groups in total. The molecule has 0 aliphatic heterocycles. The average molecular weight is 174 g/mol. The number of allylic oxidation sites excluding steroid dienone is 4. The fourth-order valence-corrected chi connectivity index (χ4v) is 3.07. The lowest BCUT2D eigenvalue weighted by atomic mass is 10.6. The van der Waals surface area contributed by atoms with Crippen LogP contribution in [-0.4, -0.2) is 12.3 Å². The summed E-state index contributed by atoms with van der Waals surface area (Å²) in [6.07, 6.45) is 11.3. The van der Waals surface area contributed by atoms with Crippen LogP contribution in [0.2, 0.25) is 0 Å². The third-order valence-corrected chi connectivity index (χ3v) is 4.14. The van der Waals surface area contributed by atoms with E-state index in [2.05, 4.69) is 38.2 Å². The number of rotatable bonds is 5. The molecular formula is C8H16P2.